The number of halogens is 1. The molecule has 0 fully saturated rings. The number of sulfonamides is 1. The molecule has 0 unspecified atom stereocenters. The third-order valence-electron chi connectivity index (χ3n) is 4.12. The van der Waals surface area contributed by atoms with Crippen LogP contribution in [0.1, 0.15) is 42.7 Å². The van der Waals surface area contributed by atoms with Crippen LogP contribution in [-0.2, 0) is 10.0 Å². The number of nitrogens with zero attached hydrogens (tertiary/aromatic N) is 1. The summed E-state index contributed by atoms with van der Waals surface area (Å²) >= 11 is 0. The number of carbonyl (C=O) groups is 1. The van der Waals surface area contributed by atoms with Crippen LogP contribution in [0.25, 0.3) is 0 Å². The van der Waals surface area contributed by atoms with Crippen molar-refractivity contribution < 1.29 is 17.6 Å². The molecule has 0 saturated heterocycles. The van der Waals surface area contributed by atoms with E-state index in [1.807, 2.05) is 6.92 Å². The molecule has 0 aliphatic carbocycles. The number of nitrogens with one attached hydrogen (secondary N) is 1. The summed E-state index contributed by atoms with van der Waals surface area (Å²) in [7, 11) is -3.35. The Morgan fingerprint density at radius 3 is 2.15 bits per heavy atom. The van der Waals surface area contributed by atoms with E-state index < -0.39 is 10.0 Å². The first kappa shape index (κ1) is 19.9. The number of hydrogen-bond acceptors (Lipinski definition) is 3. The lowest BCUT2D eigenvalue weighted by atomic mass is 10.1. The summed E-state index contributed by atoms with van der Waals surface area (Å²) < 4.78 is 38.5. The van der Waals surface area contributed by atoms with Gasteiger partial charge in [-0.2, -0.15) is 0 Å². The van der Waals surface area contributed by atoms with Crippen molar-refractivity contribution in [2.45, 2.75) is 26.8 Å². The minimum atomic E-state index is -3.35. The van der Waals surface area contributed by atoms with Gasteiger partial charge >= 0.3 is 0 Å². The van der Waals surface area contributed by atoms with Crippen molar-refractivity contribution in [2.24, 2.45) is 0 Å². The van der Waals surface area contributed by atoms with Crippen LogP contribution < -0.4 is 9.62 Å². The minimum Gasteiger partial charge on any atom is -0.346 e. The fourth-order valence-electron chi connectivity index (χ4n) is 2.59. The zero-order valence-corrected chi connectivity index (χ0v) is 15.9. The maximum Gasteiger partial charge on any atom is 0.251 e. The topological polar surface area (TPSA) is 66.5 Å². The average molecular weight is 378 g/mol. The first-order chi connectivity index (χ1) is 12.3. The molecule has 1 N–H and O–H groups in total. The monoisotopic (exact) mass is 378 g/mol. The third kappa shape index (κ3) is 4.60. The molecular weight excluding hydrogens is 355 g/mol. The molecule has 0 radical (unpaired) electrons. The number of benzene rings is 2. The van der Waals surface area contributed by atoms with Gasteiger partial charge in [-0.25, -0.2) is 12.8 Å². The van der Waals surface area contributed by atoms with Gasteiger partial charge in [0.05, 0.1) is 17.5 Å². The Bertz CT molecular complexity index is 849. The Hall–Kier alpha value is -2.41. The highest BCUT2D eigenvalue weighted by Gasteiger charge is 2.19. The maximum absolute atomic E-state index is 13.0. The Kier molecular flexibility index (Phi) is 6.37. The molecule has 2 aromatic rings. The van der Waals surface area contributed by atoms with Gasteiger partial charge in [-0.3, -0.25) is 9.10 Å². The largest absolute Gasteiger partial charge is 0.346 e. The zero-order chi connectivity index (χ0) is 19.3. The van der Waals surface area contributed by atoms with Crippen LogP contribution in [-0.4, -0.2) is 26.6 Å². The number of carbonyl (C=O) groups excluding carboxylic acids is 1. The second-order valence-corrected chi connectivity index (χ2v) is 8.04. The Morgan fingerprint density at radius 1 is 1.08 bits per heavy atom. The van der Waals surface area contributed by atoms with Crippen LogP contribution in [0.2, 0.25) is 0 Å². The number of rotatable bonds is 7. The second-order valence-electron chi connectivity index (χ2n) is 5.86. The summed E-state index contributed by atoms with van der Waals surface area (Å²) in [6, 6.07) is 12.1. The molecule has 0 heterocycles. The molecule has 5 nitrogen and oxygen atoms in total. The van der Waals surface area contributed by atoms with Crippen LogP contribution in [0.4, 0.5) is 10.1 Å². The van der Waals surface area contributed by atoms with Crippen LogP contribution in [0.5, 0.6) is 0 Å². The van der Waals surface area contributed by atoms with Gasteiger partial charge in [0.1, 0.15) is 5.82 Å². The van der Waals surface area contributed by atoms with Crippen LogP contribution in [0.3, 0.4) is 0 Å². The highest BCUT2D eigenvalue weighted by Crippen LogP contribution is 2.20. The minimum absolute atomic E-state index is 0.0122. The molecule has 0 aliphatic heterocycles. The van der Waals surface area contributed by atoms with E-state index in [1.165, 1.54) is 16.4 Å². The fourth-order valence-corrected chi connectivity index (χ4v) is 3.74. The summed E-state index contributed by atoms with van der Waals surface area (Å²) in [6.07, 6.45) is 0. The Balaban J connectivity index is 2.12. The molecular formula is C19H23FN2O3S. The molecule has 2 rings (SSSR count). The molecule has 0 saturated carbocycles. The van der Waals surface area contributed by atoms with E-state index in [0.29, 0.717) is 17.8 Å². The predicted molar refractivity (Wildman–Crippen MR) is 101 cm³/mol. The van der Waals surface area contributed by atoms with Crippen LogP contribution in [0, 0.1) is 5.82 Å². The van der Waals surface area contributed by atoms with Gasteiger partial charge < -0.3 is 5.32 Å². The van der Waals surface area contributed by atoms with Gasteiger partial charge in [-0.05, 0) is 62.7 Å². The molecule has 0 bridgehead atoms. The molecule has 0 aromatic heterocycles. The van der Waals surface area contributed by atoms with Crippen LogP contribution >= 0.6 is 0 Å². The van der Waals surface area contributed by atoms with E-state index >= 15 is 0 Å². The molecule has 140 valence electrons. The Morgan fingerprint density at radius 2 is 1.65 bits per heavy atom. The molecule has 1 amide bonds. The van der Waals surface area contributed by atoms with Gasteiger partial charge in [0, 0.05) is 12.1 Å². The third-order valence-corrected chi connectivity index (χ3v) is 5.99. The SMILES string of the molecule is CCN(c1ccc(C(=O)N[C@H](C)c2ccc(F)cc2)cc1)S(=O)(=O)CC. The van der Waals surface area contributed by atoms with E-state index in [2.05, 4.69) is 5.32 Å². The maximum atomic E-state index is 13.0. The van der Waals surface area contributed by atoms with E-state index in [1.54, 1.807) is 50.2 Å². The lowest BCUT2D eigenvalue weighted by Gasteiger charge is -2.22. The number of hydrogen-bond donors (Lipinski definition) is 1. The van der Waals surface area contributed by atoms with E-state index in [-0.39, 0.29) is 23.5 Å². The highest BCUT2D eigenvalue weighted by atomic mass is 32.2. The van der Waals surface area contributed by atoms with E-state index in [9.17, 15) is 17.6 Å². The fraction of sp³-hybridized carbons (Fsp3) is 0.316. The van der Waals surface area contributed by atoms with Gasteiger partial charge in [0.25, 0.3) is 5.91 Å². The second kappa shape index (κ2) is 8.31. The van der Waals surface area contributed by atoms with Crippen molar-refractivity contribution in [3.8, 4) is 0 Å². The van der Waals surface area contributed by atoms with Gasteiger partial charge in [-0.15, -0.1) is 0 Å². The Labute approximate surface area is 153 Å². The first-order valence-corrected chi connectivity index (χ1v) is 10.1. The molecule has 26 heavy (non-hydrogen) atoms. The van der Waals surface area contributed by atoms with Crippen molar-refractivity contribution in [2.75, 3.05) is 16.6 Å². The standard InChI is InChI=1S/C19H23FN2O3S/c1-4-22(26(24,25)5-2)18-12-8-16(9-13-18)19(23)21-14(3)15-6-10-17(20)11-7-15/h6-14H,4-5H2,1-3H3,(H,21,23)/t14-/m1/s1. The van der Waals surface area contributed by atoms with Crippen molar-refractivity contribution in [3.63, 3.8) is 0 Å². The lowest BCUT2D eigenvalue weighted by Crippen LogP contribution is -2.32. The molecule has 1 atom stereocenters. The summed E-state index contributed by atoms with van der Waals surface area (Å²) in [5.74, 6) is -0.599. The summed E-state index contributed by atoms with van der Waals surface area (Å²) in [5, 5.41) is 2.84. The first-order valence-electron chi connectivity index (χ1n) is 8.45. The van der Waals surface area contributed by atoms with E-state index in [4.69, 9.17) is 0 Å². The van der Waals surface area contributed by atoms with Gasteiger partial charge in [0.2, 0.25) is 10.0 Å². The molecule has 7 heteroatoms. The average Bonchev–Trinajstić information content (AvgIpc) is 2.63. The summed E-state index contributed by atoms with van der Waals surface area (Å²) in [5.41, 5.74) is 1.74. The smallest absolute Gasteiger partial charge is 0.251 e. The zero-order valence-electron chi connectivity index (χ0n) is 15.1. The number of amides is 1. The predicted octanol–water partition coefficient (Wildman–Crippen LogP) is 3.49. The lowest BCUT2D eigenvalue weighted by molar-refractivity contribution is 0.0940. The number of anilines is 1. The van der Waals surface area contributed by atoms with Crippen molar-refractivity contribution in [1.82, 2.24) is 5.32 Å². The molecule has 0 spiro atoms. The van der Waals surface area contributed by atoms with Gasteiger partial charge in [0.15, 0.2) is 0 Å². The van der Waals surface area contributed by atoms with E-state index in [0.717, 1.165) is 5.56 Å². The van der Waals surface area contributed by atoms with Crippen LogP contribution in [0.15, 0.2) is 48.5 Å². The van der Waals surface area contributed by atoms with Crippen molar-refractivity contribution in [3.05, 3.63) is 65.5 Å². The quantitative estimate of drug-likeness (QED) is 0.802. The molecule has 0 aliphatic rings. The van der Waals surface area contributed by atoms with Crippen molar-refractivity contribution in [1.29, 1.82) is 0 Å². The van der Waals surface area contributed by atoms with Gasteiger partial charge in [-0.1, -0.05) is 12.1 Å². The summed E-state index contributed by atoms with van der Waals surface area (Å²) in [6.45, 7) is 5.49. The highest BCUT2D eigenvalue weighted by molar-refractivity contribution is 7.92. The summed E-state index contributed by atoms with van der Waals surface area (Å²) in [4.78, 5) is 12.4. The molecule has 2 aromatic carbocycles. The van der Waals surface area contributed by atoms with Crippen molar-refractivity contribution >= 4 is 21.6 Å². The normalized spacial score (nSPS) is 12.5.